The Morgan fingerprint density at radius 2 is 1.76 bits per heavy atom. The Morgan fingerprint density at radius 1 is 0.952 bits per heavy atom. The maximum atomic E-state index is 2.97. The Kier molecular flexibility index (Phi) is 4.95. The zero-order chi connectivity index (χ0) is 15.0. The molecular formula is C19H36N2. The lowest BCUT2D eigenvalue weighted by Crippen LogP contribution is -2.64. The second-order valence-electron chi connectivity index (χ2n) is 8.62. The molecule has 0 bridgehead atoms. The quantitative estimate of drug-likeness (QED) is 0.759. The molecule has 2 saturated heterocycles. The van der Waals surface area contributed by atoms with Crippen LogP contribution < -0.4 is 0 Å². The van der Waals surface area contributed by atoms with Gasteiger partial charge in [-0.1, -0.05) is 34.1 Å². The normalized spacial score (nSPS) is 43.0. The highest BCUT2D eigenvalue weighted by atomic mass is 15.3. The molecule has 1 saturated carbocycles. The van der Waals surface area contributed by atoms with Gasteiger partial charge >= 0.3 is 0 Å². The number of piperazine rings is 1. The maximum Gasteiger partial charge on any atom is 0.0249 e. The Labute approximate surface area is 132 Å². The van der Waals surface area contributed by atoms with Crippen LogP contribution in [0.4, 0.5) is 0 Å². The summed E-state index contributed by atoms with van der Waals surface area (Å²) in [5.41, 5.74) is 0. The molecule has 0 aromatic carbocycles. The lowest BCUT2D eigenvalue weighted by atomic mass is 9.77. The van der Waals surface area contributed by atoms with Crippen LogP contribution in [-0.4, -0.2) is 47.6 Å². The van der Waals surface area contributed by atoms with Crippen molar-refractivity contribution in [1.82, 2.24) is 9.80 Å². The lowest BCUT2D eigenvalue weighted by molar-refractivity contribution is -0.0528. The molecule has 0 N–H and O–H groups in total. The molecule has 2 heteroatoms. The van der Waals surface area contributed by atoms with Crippen molar-refractivity contribution in [2.75, 3.05) is 19.6 Å². The second-order valence-corrected chi connectivity index (χ2v) is 8.62. The molecule has 0 aromatic heterocycles. The van der Waals surface area contributed by atoms with E-state index in [0.29, 0.717) is 0 Å². The van der Waals surface area contributed by atoms with E-state index < -0.39 is 0 Å². The number of nitrogens with zero attached hydrogens (tertiary/aromatic N) is 2. The van der Waals surface area contributed by atoms with E-state index in [2.05, 4.69) is 37.5 Å². The van der Waals surface area contributed by atoms with Crippen LogP contribution in [0, 0.1) is 17.8 Å². The molecule has 3 aliphatic rings. The van der Waals surface area contributed by atoms with Gasteiger partial charge in [-0.25, -0.2) is 0 Å². The molecule has 0 aromatic rings. The Hall–Kier alpha value is -0.0800. The fourth-order valence-electron chi connectivity index (χ4n) is 5.35. The molecule has 122 valence electrons. The van der Waals surface area contributed by atoms with Gasteiger partial charge in [0, 0.05) is 31.2 Å². The first-order chi connectivity index (χ1) is 10.1. The van der Waals surface area contributed by atoms with E-state index in [-0.39, 0.29) is 0 Å². The molecule has 3 fully saturated rings. The van der Waals surface area contributed by atoms with Crippen molar-refractivity contribution in [3.05, 3.63) is 0 Å². The molecule has 2 aliphatic heterocycles. The predicted octanol–water partition coefficient (Wildman–Crippen LogP) is 4.01. The molecule has 3 rings (SSSR count). The van der Waals surface area contributed by atoms with Crippen LogP contribution in [0.25, 0.3) is 0 Å². The summed E-state index contributed by atoms with van der Waals surface area (Å²) in [5.74, 6) is 2.63. The number of piperidine rings is 1. The Balaban J connectivity index is 1.74. The maximum absolute atomic E-state index is 2.97. The van der Waals surface area contributed by atoms with Gasteiger partial charge in [0.1, 0.15) is 0 Å². The standard InChI is InChI=1S/C19H36N2/c1-14(2)19-13-20-10-6-5-7-17(20)12-21(19)18-9-8-15(3)11-16(18)4/h14-19H,5-13H2,1-4H3. The van der Waals surface area contributed by atoms with Crippen molar-refractivity contribution < 1.29 is 0 Å². The summed E-state index contributed by atoms with van der Waals surface area (Å²) >= 11 is 0. The van der Waals surface area contributed by atoms with Gasteiger partial charge in [-0.05, 0) is 56.4 Å². The van der Waals surface area contributed by atoms with E-state index >= 15 is 0 Å². The molecule has 1 aliphatic carbocycles. The number of fused-ring (bicyclic) bond motifs is 1. The minimum Gasteiger partial charge on any atom is -0.298 e. The molecule has 5 atom stereocenters. The van der Waals surface area contributed by atoms with Gasteiger partial charge in [0.15, 0.2) is 0 Å². The van der Waals surface area contributed by atoms with E-state index in [1.807, 2.05) is 0 Å². The molecule has 2 nitrogen and oxygen atoms in total. The summed E-state index contributed by atoms with van der Waals surface area (Å²) in [6.07, 6.45) is 8.67. The third-order valence-electron chi connectivity index (χ3n) is 6.60. The minimum atomic E-state index is 0.791. The molecule has 0 radical (unpaired) electrons. The van der Waals surface area contributed by atoms with Crippen molar-refractivity contribution in [1.29, 1.82) is 0 Å². The van der Waals surface area contributed by atoms with Gasteiger partial charge < -0.3 is 0 Å². The fourth-order valence-corrected chi connectivity index (χ4v) is 5.35. The monoisotopic (exact) mass is 292 g/mol. The molecular weight excluding hydrogens is 256 g/mol. The average Bonchev–Trinajstić information content (AvgIpc) is 2.46. The second kappa shape index (κ2) is 6.58. The van der Waals surface area contributed by atoms with Crippen LogP contribution in [0.2, 0.25) is 0 Å². The predicted molar refractivity (Wildman–Crippen MR) is 90.5 cm³/mol. The zero-order valence-electron chi connectivity index (χ0n) is 14.7. The summed E-state index contributed by atoms with van der Waals surface area (Å²) in [6.45, 7) is 13.9. The minimum absolute atomic E-state index is 0.791. The largest absolute Gasteiger partial charge is 0.298 e. The Bertz CT molecular complexity index is 338. The van der Waals surface area contributed by atoms with Crippen LogP contribution in [0.15, 0.2) is 0 Å². The first-order valence-electron chi connectivity index (χ1n) is 9.56. The van der Waals surface area contributed by atoms with E-state index in [9.17, 15) is 0 Å². The third kappa shape index (κ3) is 3.32. The summed E-state index contributed by atoms with van der Waals surface area (Å²) in [6, 6.07) is 2.51. The van der Waals surface area contributed by atoms with Crippen molar-refractivity contribution in [3.63, 3.8) is 0 Å². The first-order valence-corrected chi connectivity index (χ1v) is 9.56. The molecule has 0 amide bonds. The van der Waals surface area contributed by atoms with Gasteiger partial charge in [0.05, 0.1) is 0 Å². The van der Waals surface area contributed by atoms with E-state index in [0.717, 1.165) is 35.9 Å². The number of hydrogen-bond donors (Lipinski definition) is 0. The molecule has 0 spiro atoms. The van der Waals surface area contributed by atoms with Crippen molar-refractivity contribution in [3.8, 4) is 0 Å². The molecule has 5 unspecified atom stereocenters. The topological polar surface area (TPSA) is 6.48 Å². The van der Waals surface area contributed by atoms with E-state index in [1.165, 1.54) is 58.2 Å². The summed E-state index contributed by atoms with van der Waals surface area (Å²) in [5, 5.41) is 0. The Morgan fingerprint density at radius 3 is 2.48 bits per heavy atom. The van der Waals surface area contributed by atoms with Gasteiger partial charge in [-0.2, -0.15) is 0 Å². The van der Waals surface area contributed by atoms with Gasteiger partial charge in [0.25, 0.3) is 0 Å². The smallest absolute Gasteiger partial charge is 0.0249 e. The van der Waals surface area contributed by atoms with Crippen molar-refractivity contribution in [2.24, 2.45) is 17.8 Å². The summed E-state index contributed by atoms with van der Waals surface area (Å²) in [4.78, 5) is 5.79. The van der Waals surface area contributed by atoms with Crippen LogP contribution in [0.3, 0.4) is 0 Å². The van der Waals surface area contributed by atoms with E-state index in [4.69, 9.17) is 0 Å². The van der Waals surface area contributed by atoms with E-state index in [1.54, 1.807) is 0 Å². The van der Waals surface area contributed by atoms with Crippen molar-refractivity contribution in [2.45, 2.75) is 84.3 Å². The van der Waals surface area contributed by atoms with Crippen LogP contribution in [0.1, 0.15) is 66.2 Å². The first kappa shape index (κ1) is 15.8. The summed E-state index contributed by atoms with van der Waals surface area (Å²) < 4.78 is 0. The average molecular weight is 293 g/mol. The molecule has 2 heterocycles. The summed E-state index contributed by atoms with van der Waals surface area (Å²) in [7, 11) is 0. The highest BCUT2D eigenvalue weighted by molar-refractivity contribution is 4.96. The number of hydrogen-bond acceptors (Lipinski definition) is 2. The van der Waals surface area contributed by atoms with Crippen LogP contribution >= 0.6 is 0 Å². The zero-order valence-corrected chi connectivity index (χ0v) is 14.7. The van der Waals surface area contributed by atoms with Gasteiger partial charge in [-0.3, -0.25) is 9.80 Å². The highest BCUT2D eigenvalue weighted by Gasteiger charge is 2.41. The van der Waals surface area contributed by atoms with Crippen LogP contribution in [-0.2, 0) is 0 Å². The van der Waals surface area contributed by atoms with Gasteiger partial charge in [-0.15, -0.1) is 0 Å². The van der Waals surface area contributed by atoms with Gasteiger partial charge in [0.2, 0.25) is 0 Å². The molecule has 21 heavy (non-hydrogen) atoms. The number of rotatable bonds is 2. The SMILES string of the molecule is CC1CCC(N2CC3CCCCN3CC2C(C)C)C(C)C1. The van der Waals surface area contributed by atoms with Crippen LogP contribution in [0.5, 0.6) is 0 Å². The highest BCUT2D eigenvalue weighted by Crippen LogP contribution is 2.37. The third-order valence-corrected chi connectivity index (χ3v) is 6.60. The fraction of sp³-hybridized carbons (Fsp3) is 1.00. The van der Waals surface area contributed by atoms with Crippen molar-refractivity contribution >= 4 is 0 Å². The lowest BCUT2D eigenvalue weighted by Gasteiger charge is -2.54.